The average Bonchev–Trinajstić information content (AvgIpc) is 3.89. The molecule has 3 nitrogen and oxygen atoms in total. The standard InChI is InChI=1S/2C9H18.2C8H16O.3C8H16.C7H14O/c2*1-9(2,3)8-6-4-5-7-8;1-8(2,3)7-4-5-9-6-7;1-8(2,3)7-5-4-6-9-7;3*1-8(2,3)7-5-4-6-7;1-7(2,3)6-4-8-5-6/h2*8H,4-7H2,1-3H3;2*7H,4-6H2,1-3H3;3*7H,4-6H2,1-3H3;6H,4-5H2,1-3H3. The van der Waals surface area contributed by atoms with Crippen LogP contribution in [0.25, 0.3) is 0 Å². The van der Waals surface area contributed by atoms with Crippen molar-refractivity contribution in [2.45, 2.75) is 301 Å². The topological polar surface area (TPSA) is 27.7 Å². The van der Waals surface area contributed by atoms with Gasteiger partial charge in [0.2, 0.25) is 0 Å². The summed E-state index contributed by atoms with van der Waals surface area (Å²) in [5.41, 5.74) is 4.23. The quantitative estimate of drug-likeness (QED) is 0.242. The minimum Gasteiger partial charge on any atom is -0.381 e. The highest BCUT2D eigenvalue weighted by molar-refractivity contribution is 4.84. The Morgan fingerprint density at radius 3 is 0.574 bits per heavy atom. The van der Waals surface area contributed by atoms with Gasteiger partial charge in [0.1, 0.15) is 0 Å². The van der Waals surface area contributed by atoms with Crippen molar-refractivity contribution >= 4 is 0 Å². The number of hydrogen-bond acceptors (Lipinski definition) is 3. The van der Waals surface area contributed by atoms with E-state index in [-0.39, 0.29) is 0 Å². The molecule has 3 heteroatoms. The monoisotopic (exact) mass is 959 g/mol. The molecule has 8 rings (SSSR count). The molecule has 408 valence electrons. The Kier molecular flexibility index (Phi) is 28.2. The van der Waals surface area contributed by atoms with E-state index in [1.54, 1.807) is 0 Å². The van der Waals surface area contributed by atoms with Gasteiger partial charge in [-0.05, 0) is 162 Å². The highest BCUT2D eigenvalue weighted by atomic mass is 16.5. The van der Waals surface area contributed by atoms with Gasteiger partial charge in [0.25, 0.3) is 0 Å². The zero-order valence-electron chi connectivity index (χ0n) is 51.5. The Balaban J connectivity index is 0.000000389. The van der Waals surface area contributed by atoms with Gasteiger partial charge in [-0.1, -0.05) is 211 Å². The van der Waals surface area contributed by atoms with Gasteiger partial charge in [0.15, 0.2) is 0 Å². The largest absolute Gasteiger partial charge is 0.381 e. The van der Waals surface area contributed by atoms with Crippen LogP contribution >= 0.6 is 0 Å². The van der Waals surface area contributed by atoms with Crippen molar-refractivity contribution in [1.29, 1.82) is 0 Å². The van der Waals surface area contributed by atoms with Crippen LogP contribution in [0.2, 0.25) is 0 Å². The predicted octanol–water partition coefficient (Wildman–Crippen LogP) is 20.9. The van der Waals surface area contributed by atoms with E-state index in [9.17, 15) is 0 Å². The van der Waals surface area contributed by atoms with Gasteiger partial charge in [-0.3, -0.25) is 0 Å². The van der Waals surface area contributed by atoms with Crippen molar-refractivity contribution < 1.29 is 14.2 Å². The van der Waals surface area contributed by atoms with Crippen LogP contribution in [0.5, 0.6) is 0 Å². The maximum Gasteiger partial charge on any atom is 0.0624 e. The summed E-state index contributed by atoms with van der Waals surface area (Å²) in [7, 11) is 0. The van der Waals surface area contributed by atoms with E-state index in [2.05, 4.69) is 166 Å². The predicted molar refractivity (Wildman–Crippen MR) is 304 cm³/mol. The Morgan fingerprint density at radius 2 is 0.485 bits per heavy atom. The Labute approximate surface area is 430 Å². The van der Waals surface area contributed by atoms with Gasteiger partial charge in [-0.2, -0.15) is 0 Å². The summed E-state index contributed by atoms with van der Waals surface area (Å²) < 4.78 is 15.9. The summed E-state index contributed by atoms with van der Waals surface area (Å²) in [6.45, 7) is 60.5. The summed E-state index contributed by atoms with van der Waals surface area (Å²) in [4.78, 5) is 0. The third kappa shape index (κ3) is 27.8. The normalized spacial score (nSPS) is 24.5. The van der Waals surface area contributed by atoms with Gasteiger partial charge >= 0.3 is 0 Å². The fourth-order valence-electron chi connectivity index (χ4n) is 10.6. The lowest BCUT2D eigenvalue weighted by Crippen LogP contribution is -2.37. The highest BCUT2D eigenvalue weighted by Gasteiger charge is 2.33. The van der Waals surface area contributed by atoms with Crippen LogP contribution in [0, 0.1) is 84.7 Å². The van der Waals surface area contributed by atoms with Gasteiger partial charge in [-0.25, -0.2) is 0 Å². The molecular weight excluding hydrogens is 829 g/mol. The second-order valence-electron chi connectivity index (χ2n) is 32.1. The van der Waals surface area contributed by atoms with Crippen molar-refractivity contribution in [3.63, 3.8) is 0 Å². The van der Waals surface area contributed by atoms with Crippen LogP contribution < -0.4 is 0 Å². The molecule has 8 aliphatic rings. The molecular formula is C65H130O3. The molecule has 0 aromatic heterocycles. The molecule has 3 heterocycles. The van der Waals surface area contributed by atoms with E-state index >= 15 is 0 Å². The summed E-state index contributed by atoms with van der Waals surface area (Å²) in [5.74, 6) is 6.71. The SMILES string of the molecule is CC(C)(C)C1CCC1.CC(C)(C)C1CCC1.CC(C)(C)C1CCC1.CC(C)(C)C1CCCC1.CC(C)(C)C1CCCC1.CC(C)(C)C1CCCO1.CC(C)(C)C1CCOC1.CC(C)(C)C1COC1. The van der Waals surface area contributed by atoms with Crippen molar-refractivity contribution in [2.24, 2.45) is 84.7 Å². The first-order chi connectivity index (χ1) is 30.8. The molecule has 0 amide bonds. The maximum absolute atomic E-state index is 5.52. The number of rotatable bonds is 0. The molecule has 0 aromatic carbocycles. The van der Waals surface area contributed by atoms with E-state index < -0.39 is 0 Å². The summed E-state index contributed by atoms with van der Waals surface area (Å²) in [6.07, 6.45) is 29.3. The van der Waals surface area contributed by atoms with Gasteiger partial charge in [0.05, 0.1) is 19.3 Å². The van der Waals surface area contributed by atoms with Crippen molar-refractivity contribution in [2.75, 3.05) is 33.0 Å². The van der Waals surface area contributed by atoms with Gasteiger partial charge in [0, 0.05) is 25.7 Å². The Morgan fingerprint density at radius 1 is 0.221 bits per heavy atom. The summed E-state index contributed by atoms with van der Waals surface area (Å²) >= 11 is 0. The molecule has 0 aromatic rings. The third-order valence-corrected chi connectivity index (χ3v) is 18.1. The first-order valence-electron chi connectivity index (χ1n) is 29.6. The molecule has 68 heavy (non-hydrogen) atoms. The van der Waals surface area contributed by atoms with Crippen LogP contribution in [-0.4, -0.2) is 39.1 Å². The number of hydrogen-bond donors (Lipinski definition) is 0. The molecule has 3 aliphatic heterocycles. The van der Waals surface area contributed by atoms with Crippen LogP contribution in [0.4, 0.5) is 0 Å². The third-order valence-electron chi connectivity index (χ3n) is 18.1. The van der Waals surface area contributed by atoms with Crippen LogP contribution in [0.1, 0.15) is 295 Å². The van der Waals surface area contributed by atoms with Crippen LogP contribution in [-0.2, 0) is 14.2 Å². The van der Waals surface area contributed by atoms with Crippen molar-refractivity contribution in [1.82, 2.24) is 0 Å². The Bertz CT molecular complexity index is 1030. The van der Waals surface area contributed by atoms with E-state index in [0.717, 1.165) is 74.5 Å². The smallest absolute Gasteiger partial charge is 0.0624 e. The molecule has 0 bridgehead atoms. The lowest BCUT2D eigenvalue weighted by molar-refractivity contribution is -0.0821. The highest BCUT2D eigenvalue weighted by Crippen LogP contribution is 2.43. The lowest BCUT2D eigenvalue weighted by Gasteiger charge is -2.37. The molecule has 5 saturated carbocycles. The maximum atomic E-state index is 5.52. The van der Waals surface area contributed by atoms with E-state index in [4.69, 9.17) is 14.2 Å². The van der Waals surface area contributed by atoms with Gasteiger partial charge < -0.3 is 14.2 Å². The minimum atomic E-state index is 0.358. The molecule has 0 N–H and O–H groups in total. The van der Waals surface area contributed by atoms with E-state index in [0.29, 0.717) is 49.4 Å². The van der Waals surface area contributed by atoms with Crippen molar-refractivity contribution in [3.05, 3.63) is 0 Å². The first kappa shape index (κ1) is 65.9. The second kappa shape index (κ2) is 29.1. The first-order valence-corrected chi connectivity index (χ1v) is 29.6. The molecule has 2 atom stereocenters. The fourth-order valence-corrected chi connectivity index (χ4v) is 10.6. The van der Waals surface area contributed by atoms with Crippen molar-refractivity contribution in [3.8, 4) is 0 Å². The summed E-state index contributed by atoms with van der Waals surface area (Å²) in [5, 5.41) is 0. The molecule has 0 spiro atoms. The lowest BCUT2D eigenvalue weighted by atomic mass is 9.69. The van der Waals surface area contributed by atoms with Crippen LogP contribution in [0.15, 0.2) is 0 Å². The van der Waals surface area contributed by atoms with E-state index in [1.165, 1.54) is 128 Å². The zero-order valence-corrected chi connectivity index (χ0v) is 51.5. The molecule has 3 saturated heterocycles. The van der Waals surface area contributed by atoms with E-state index in [1.807, 2.05) is 0 Å². The molecule has 5 aliphatic carbocycles. The number of ether oxygens (including phenoxy) is 3. The second-order valence-corrected chi connectivity index (χ2v) is 32.1. The van der Waals surface area contributed by atoms with Gasteiger partial charge in [-0.15, -0.1) is 0 Å². The summed E-state index contributed by atoms with van der Waals surface area (Å²) in [6, 6.07) is 0. The zero-order chi connectivity index (χ0) is 52.4. The minimum absolute atomic E-state index is 0.358. The van der Waals surface area contributed by atoms with Crippen LogP contribution in [0.3, 0.4) is 0 Å². The molecule has 0 radical (unpaired) electrons. The Hall–Kier alpha value is -0.120. The average molecular weight is 960 g/mol. The molecule has 8 fully saturated rings. The fraction of sp³-hybridized carbons (Fsp3) is 1.00. The molecule has 2 unspecified atom stereocenters.